The van der Waals surface area contributed by atoms with E-state index in [1.165, 1.54) is 6.07 Å². The normalized spacial score (nSPS) is 16.9. The summed E-state index contributed by atoms with van der Waals surface area (Å²) >= 11 is 0. The Kier molecular flexibility index (Phi) is 3.08. The molecule has 124 valence electrons. The van der Waals surface area contributed by atoms with Crippen LogP contribution in [-0.2, 0) is 6.18 Å². The third-order valence-corrected chi connectivity index (χ3v) is 5.36. The van der Waals surface area contributed by atoms with Crippen LogP contribution < -0.4 is 4.72 Å². The number of hydrogen-bond donors (Lipinski definition) is 3. The Morgan fingerprint density at radius 3 is 2.50 bits per heavy atom. The maximum atomic E-state index is 12.9. The zero-order valence-corrected chi connectivity index (χ0v) is 12.8. The van der Waals surface area contributed by atoms with E-state index in [-0.39, 0.29) is 4.90 Å². The van der Waals surface area contributed by atoms with Crippen LogP contribution in [0.3, 0.4) is 0 Å². The van der Waals surface area contributed by atoms with Gasteiger partial charge in [0, 0.05) is 22.7 Å². The van der Waals surface area contributed by atoms with Crippen molar-refractivity contribution in [2.45, 2.75) is 11.1 Å². The van der Waals surface area contributed by atoms with Crippen molar-refractivity contribution in [2.75, 3.05) is 4.72 Å². The van der Waals surface area contributed by atoms with Crippen molar-refractivity contribution in [1.29, 1.82) is 0 Å². The van der Waals surface area contributed by atoms with Crippen LogP contribution in [0.1, 0.15) is 5.56 Å². The molecule has 0 saturated heterocycles. The minimum Gasteiger partial charge on any atom is -0.278 e. The third kappa shape index (κ3) is 2.22. The van der Waals surface area contributed by atoms with Crippen LogP contribution in [0.2, 0.25) is 0 Å². The average molecular weight is 352 g/mol. The second-order valence-electron chi connectivity index (χ2n) is 5.42. The number of halogens is 3. The van der Waals surface area contributed by atoms with Crippen LogP contribution in [-0.4, -0.2) is 14.1 Å². The molecule has 24 heavy (non-hydrogen) atoms. The molecule has 0 radical (unpaired) electrons. The van der Waals surface area contributed by atoms with Crippen molar-refractivity contribution < 1.29 is 22.3 Å². The molecule has 2 aromatic carbocycles. The van der Waals surface area contributed by atoms with Crippen molar-refractivity contribution in [1.82, 2.24) is 4.98 Å². The van der Waals surface area contributed by atoms with Gasteiger partial charge < -0.3 is 0 Å². The Bertz CT molecular complexity index is 973. The molecule has 0 aliphatic carbocycles. The van der Waals surface area contributed by atoms with E-state index in [0.717, 1.165) is 17.5 Å². The predicted octanol–water partition coefficient (Wildman–Crippen LogP) is 5.37. The second-order valence-corrected chi connectivity index (χ2v) is 7.16. The monoisotopic (exact) mass is 352 g/mol. The molecule has 1 aromatic heterocycles. The number of nitrogens with zero attached hydrogens (tertiary/aromatic N) is 1. The van der Waals surface area contributed by atoms with Gasteiger partial charge in [0.05, 0.1) is 21.7 Å². The summed E-state index contributed by atoms with van der Waals surface area (Å²) in [5.74, 6) is 0. The number of aromatic nitrogens is 1. The molecule has 4 nitrogen and oxygen atoms in total. The minimum absolute atomic E-state index is 0.167. The van der Waals surface area contributed by atoms with Gasteiger partial charge in [-0.15, -0.1) is 0 Å². The lowest BCUT2D eigenvalue weighted by molar-refractivity contribution is -0.137. The van der Waals surface area contributed by atoms with Crippen LogP contribution >= 0.6 is 10.8 Å². The highest BCUT2D eigenvalue weighted by Crippen LogP contribution is 2.59. The highest BCUT2D eigenvalue weighted by atomic mass is 32.3. The summed E-state index contributed by atoms with van der Waals surface area (Å²) in [6.07, 6.45) is -2.99. The third-order valence-electron chi connectivity index (χ3n) is 3.92. The molecule has 1 aliphatic heterocycles. The summed E-state index contributed by atoms with van der Waals surface area (Å²) in [5, 5.41) is 0.786. The van der Waals surface area contributed by atoms with Crippen molar-refractivity contribution in [3.63, 3.8) is 0 Å². The fourth-order valence-electron chi connectivity index (χ4n) is 2.83. The molecular formula is C16H11F3N2O2S. The number of nitrogens with one attached hydrogen (secondary N) is 1. The van der Waals surface area contributed by atoms with Gasteiger partial charge in [0.15, 0.2) is 0 Å². The fraction of sp³-hybridized carbons (Fsp3) is 0.0625. The molecule has 0 spiro atoms. The molecule has 0 bridgehead atoms. The molecule has 0 unspecified atom stereocenters. The van der Waals surface area contributed by atoms with Crippen molar-refractivity contribution >= 4 is 27.4 Å². The van der Waals surface area contributed by atoms with Gasteiger partial charge in [0.25, 0.3) is 0 Å². The van der Waals surface area contributed by atoms with E-state index in [1.54, 1.807) is 24.4 Å². The lowest BCUT2D eigenvalue weighted by Crippen LogP contribution is -2.17. The smallest absolute Gasteiger partial charge is 0.278 e. The summed E-state index contributed by atoms with van der Waals surface area (Å²) in [6.45, 7) is 0. The topological polar surface area (TPSA) is 65.4 Å². The summed E-state index contributed by atoms with van der Waals surface area (Å²) < 4.78 is 62.1. The highest BCUT2D eigenvalue weighted by molar-refractivity contribution is 8.25. The molecule has 0 fully saturated rings. The van der Waals surface area contributed by atoms with E-state index in [2.05, 4.69) is 9.71 Å². The van der Waals surface area contributed by atoms with Gasteiger partial charge in [-0.05, 0) is 18.2 Å². The molecule has 0 saturated carbocycles. The van der Waals surface area contributed by atoms with Gasteiger partial charge in [0.2, 0.25) is 0 Å². The molecule has 8 heteroatoms. The first kappa shape index (κ1) is 15.3. The predicted molar refractivity (Wildman–Crippen MR) is 86.9 cm³/mol. The maximum Gasteiger partial charge on any atom is 0.416 e. The fourth-order valence-corrected chi connectivity index (χ4v) is 4.20. The molecule has 0 atom stereocenters. The van der Waals surface area contributed by atoms with E-state index in [0.29, 0.717) is 22.3 Å². The molecule has 0 amide bonds. The molecular weight excluding hydrogens is 341 g/mol. The van der Waals surface area contributed by atoms with Crippen molar-refractivity contribution in [3.8, 4) is 11.1 Å². The molecule has 4 rings (SSSR count). The van der Waals surface area contributed by atoms with Gasteiger partial charge in [-0.2, -0.15) is 13.2 Å². The summed E-state index contributed by atoms with van der Waals surface area (Å²) in [4.78, 5) is 4.07. The maximum absolute atomic E-state index is 12.9. The first-order valence-corrected chi connectivity index (χ1v) is 8.47. The van der Waals surface area contributed by atoms with Gasteiger partial charge in [-0.3, -0.25) is 18.8 Å². The van der Waals surface area contributed by atoms with E-state index in [9.17, 15) is 22.3 Å². The quantitative estimate of drug-likeness (QED) is 0.509. The zero-order valence-electron chi connectivity index (χ0n) is 12.0. The average Bonchev–Trinajstić information content (AvgIpc) is 2.53. The Labute approximate surface area is 136 Å². The van der Waals surface area contributed by atoms with Gasteiger partial charge in [0.1, 0.15) is 0 Å². The molecule has 2 heterocycles. The van der Waals surface area contributed by atoms with E-state index in [4.69, 9.17) is 0 Å². The second kappa shape index (κ2) is 4.85. The largest absolute Gasteiger partial charge is 0.416 e. The van der Waals surface area contributed by atoms with Crippen molar-refractivity contribution in [2.24, 2.45) is 0 Å². The van der Waals surface area contributed by atoms with Gasteiger partial charge in [-0.1, -0.05) is 35.0 Å². The number of fused-ring (bicyclic) bond motifs is 5. The zero-order chi connectivity index (χ0) is 17.1. The Morgan fingerprint density at radius 2 is 1.75 bits per heavy atom. The lowest BCUT2D eigenvalue weighted by Gasteiger charge is -2.40. The number of anilines is 1. The summed E-state index contributed by atoms with van der Waals surface area (Å²) in [7, 11) is -3.62. The van der Waals surface area contributed by atoms with E-state index >= 15 is 0 Å². The first-order valence-electron chi connectivity index (χ1n) is 6.93. The van der Waals surface area contributed by atoms with Crippen LogP contribution in [0.15, 0.2) is 53.6 Å². The van der Waals surface area contributed by atoms with Gasteiger partial charge >= 0.3 is 6.18 Å². The standard InChI is InChI=1S/C16H11F3N2O2S/c17-16(18,19)10-4-6-11-12-5-3-9-2-1-7-20-14(9)15(12)21-24(22,23)13(11)8-10/h1-8,21-23H. The van der Waals surface area contributed by atoms with Crippen LogP contribution in [0.5, 0.6) is 0 Å². The SMILES string of the molecule is OS1(O)Nc2c(ccc3cccnc23)-c2ccc(C(F)(F)F)cc21. The Morgan fingerprint density at radius 1 is 1.00 bits per heavy atom. The number of pyridine rings is 1. The number of alkyl halides is 3. The number of rotatable bonds is 0. The minimum atomic E-state index is -4.56. The lowest BCUT2D eigenvalue weighted by atomic mass is 9.99. The Hall–Kier alpha value is -2.29. The van der Waals surface area contributed by atoms with Crippen LogP contribution in [0, 0.1) is 0 Å². The summed E-state index contributed by atoms with van der Waals surface area (Å²) in [6, 6.07) is 10.1. The first-order chi connectivity index (χ1) is 11.3. The number of benzene rings is 2. The van der Waals surface area contributed by atoms with Gasteiger partial charge in [-0.25, -0.2) is 0 Å². The van der Waals surface area contributed by atoms with E-state index in [1.807, 2.05) is 6.07 Å². The highest BCUT2D eigenvalue weighted by Gasteiger charge is 2.35. The Balaban J connectivity index is 2.02. The summed E-state index contributed by atoms with van der Waals surface area (Å²) in [5.41, 5.74) is 0.937. The van der Waals surface area contributed by atoms with Crippen molar-refractivity contribution in [3.05, 3.63) is 54.2 Å². The number of hydrogen-bond acceptors (Lipinski definition) is 4. The van der Waals surface area contributed by atoms with Crippen LogP contribution in [0.25, 0.3) is 22.0 Å². The van der Waals surface area contributed by atoms with E-state index < -0.39 is 22.5 Å². The molecule has 3 N–H and O–H groups in total. The van der Waals surface area contributed by atoms with Crippen LogP contribution in [0.4, 0.5) is 18.9 Å². The molecule has 1 aliphatic rings. The molecule has 3 aromatic rings.